The largest absolute Gasteiger partial charge is 0.496 e. The number of benzene rings is 1. The number of amides is 1. The molecule has 4 nitrogen and oxygen atoms in total. The Kier molecular flexibility index (Phi) is 4.43. The molecule has 1 aliphatic heterocycles. The zero-order valence-electron chi connectivity index (χ0n) is 14.6. The van der Waals surface area contributed by atoms with Gasteiger partial charge in [-0.15, -0.1) is 0 Å². The molecule has 4 rings (SSSR count). The first-order valence-corrected chi connectivity index (χ1v) is 9.08. The van der Waals surface area contributed by atoms with E-state index in [0.29, 0.717) is 29.1 Å². The van der Waals surface area contributed by atoms with Gasteiger partial charge in [0.15, 0.2) is 0 Å². The molecule has 130 valence electrons. The van der Waals surface area contributed by atoms with E-state index in [2.05, 4.69) is 17.1 Å². The lowest BCUT2D eigenvalue weighted by molar-refractivity contribution is 0.0773. The van der Waals surface area contributed by atoms with Crippen LogP contribution < -0.4 is 4.74 Å². The smallest absolute Gasteiger partial charge is 0.257 e. The van der Waals surface area contributed by atoms with E-state index in [4.69, 9.17) is 4.74 Å². The van der Waals surface area contributed by atoms with Gasteiger partial charge < -0.3 is 9.64 Å². The van der Waals surface area contributed by atoms with Gasteiger partial charge in [-0.05, 0) is 61.3 Å². The number of carbonyl (C=O) groups is 1. The van der Waals surface area contributed by atoms with Crippen molar-refractivity contribution in [1.29, 1.82) is 0 Å². The predicted molar refractivity (Wildman–Crippen MR) is 96.5 cm³/mol. The van der Waals surface area contributed by atoms with Crippen LogP contribution in [-0.4, -0.2) is 36.0 Å². The number of hydrogen-bond donors (Lipinski definition) is 0. The Morgan fingerprint density at radius 3 is 2.80 bits per heavy atom. The highest BCUT2D eigenvalue weighted by Crippen LogP contribution is 2.44. The zero-order chi connectivity index (χ0) is 17.2. The maximum atomic E-state index is 13.0. The molecular formula is C21H24N2O2. The molecule has 1 aromatic heterocycles. The zero-order valence-corrected chi connectivity index (χ0v) is 14.6. The van der Waals surface area contributed by atoms with Gasteiger partial charge in [0, 0.05) is 25.0 Å². The van der Waals surface area contributed by atoms with Crippen molar-refractivity contribution in [3.05, 3.63) is 59.9 Å². The second kappa shape index (κ2) is 6.87. The standard InChI is InChI=1S/C21H24N2O2/c1-25-20-8-3-2-7-18(20)21(24)23-13-16-10-9-15(19(16)14-23)12-17-6-4-5-11-22-17/h2-8,11,15-16,19H,9-10,12-14H2,1H3/t15-,16-,19-/m1/s1. The average molecular weight is 336 g/mol. The van der Waals surface area contributed by atoms with Gasteiger partial charge in [-0.1, -0.05) is 18.2 Å². The summed E-state index contributed by atoms with van der Waals surface area (Å²) in [5, 5.41) is 0. The molecule has 2 fully saturated rings. The third-order valence-electron chi connectivity index (χ3n) is 5.83. The first-order chi connectivity index (χ1) is 12.3. The number of nitrogens with zero attached hydrogens (tertiary/aromatic N) is 2. The van der Waals surface area contributed by atoms with Crippen molar-refractivity contribution >= 4 is 5.91 Å². The minimum Gasteiger partial charge on any atom is -0.496 e. The van der Waals surface area contributed by atoms with Crippen molar-refractivity contribution in [2.45, 2.75) is 19.3 Å². The Morgan fingerprint density at radius 2 is 2.00 bits per heavy atom. The van der Waals surface area contributed by atoms with Gasteiger partial charge in [-0.3, -0.25) is 9.78 Å². The Hall–Kier alpha value is -2.36. The van der Waals surface area contributed by atoms with Crippen molar-refractivity contribution in [2.75, 3.05) is 20.2 Å². The molecule has 0 unspecified atom stereocenters. The van der Waals surface area contributed by atoms with E-state index in [1.54, 1.807) is 7.11 Å². The third-order valence-corrected chi connectivity index (χ3v) is 5.83. The molecule has 2 aliphatic rings. The highest BCUT2D eigenvalue weighted by Gasteiger charge is 2.44. The summed E-state index contributed by atoms with van der Waals surface area (Å²) in [5.74, 6) is 2.63. The van der Waals surface area contributed by atoms with Crippen LogP contribution in [-0.2, 0) is 6.42 Å². The van der Waals surface area contributed by atoms with Crippen LogP contribution in [0.1, 0.15) is 28.9 Å². The number of methoxy groups -OCH3 is 1. The minimum atomic E-state index is 0.100. The molecular weight excluding hydrogens is 312 g/mol. The van der Waals surface area contributed by atoms with Gasteiger partial charge in [0.2, 0.25) is 0 Å². The fourth-order valence-electron chi connectivity index (χ4n) is 4.58. The predicted octanol–water partition coefficient (Wildman–Crippen LogP) is 3.43. The normalized spacial score (nSPS) is 25.0. The number of aromatic nitrogens is 1. The van der Waals surface area contributed by atoms with Crippen LogP contribution in [0.3, 0.4) is 0 Å². The van der Waals surface area contributed by atoms with E-state index in [9.17, 15) is 4.79 Å². The van der Waals surface area contributed by atoms with Gasteiger partial charge in [-0.25, -0.2) is 0 Å². The molecule has 4 heteroatoms. The van der Waals surface area contributed by atoms with Gasteiger partial charge in [0.1, 0.15) is 5.75 Å². The fourth-order valence-corrected chi connectivity index (χ4v) is 4.58. The second-order valence-electron chi connectivity index (χ2n) is 7.20. The van der Waals surface area contributed by atoms with Crippen LogP contribution in [0.5, 0.6) is 5.75 Å². The van der Waals surface area contributed by atoms with Crippen molar-refractivity contribution < 1.29 is 9.53 Å². The highest BCUT2D eigenvalue weighted by atomic mass is 16.5. The first-order valence-electron chi connectivity index (χ1n) is 9.08. The SMILES string of the molecule is COc1ccccc1C(=O)N1C[C@H]2CC[C@H](Cc3ccccn3)[C@H]2C1. The summed E-state index contributed by atoms with van der Waals surface area (Å²) in [6.07, 6.45) is 5.37. The molecule has 1 saturated carbocycles. The van der Waals surface area contributed by atoms with Crippen LogP contribution in [0.4, 0.5) is 0 Å². The van der Waals surface area contributed by atoms with Crippen molar-refractivity contribution in [3.8, 4) is 5.75 Å². The summed E-state index contributed by atoms with van der Waals surface area (Å²) in [5.41, 5.74) is 1.84. The second-order valence-corrected chi connectivity index (χ2v) is 7.20. The van der Waals surface area contributed by atoms with Gasteiger partial charge in [0.25, 0.3) is 5.91 Å². The molecule has 1 amide bonds. The maximum Gasteiger partial charge on any atom is 0.257 e. The number of ether oxygens (including phenoxy) is 1. The quantitative estimate of drug-likeness (QED) is 0.859. The average Bonchev–Trinajstić information content (AvgIpc) is 3.24. The Labute approximate surface area is 148 Å². The minimum absolute atomic E-state index is 0.100. The maximum absolute atomic E-state index is 13.0. The third kappa shape index (κ3) is 3.13. The van der Waals surface area contributed by atoms with E-state index in [1.165, 1.54) is 18.5 Å². The molecule has 0 bridgehead atoms. The molecule has 3 atom stereocenters. The Bertz CT molecular complexity index is 747. The van der Waals surface area contributed by atoms with Crippen LogP contribution in [0.15, 0.2) is 48.7 Å². The van der Waals surface area contributed by atoms with Crippen LogP contribution in [0, 0.1) is 17.8 Å². The van der Waals surface area contributed by atoms with Crippen LogP contribution in [0.2, 0.25) is 0 Å². The summed E-state index contributed by atoms with van der Waals surface area (Å²) in [7, 11) is 1.62. The molecule has 1 saturated heterocycles. The molecule has 2 heterocycles. The molecule has 0 spiro atoms. The van der Waals surface area contributed by atoms with E-state index < -0.39 is 0 Å². The topological polar surface area (TPSA) is 42.4 Å². The number of carbonyl (C=O) groups excluding carboxylic acids is 1. The lowest BCUT2D eigenvalue weighted by Gasteiger charge is -2.21. The van der Waals surface area contributed by atoms with Gasteiger partial charge in [0.05, 0.1) is 12.7 Å². The van der Waals surface area contributed by atoms with E-state index in [-0.39, 0.29) is 5.91 Å². The Morgan fingerprint density at radius 1 is 1.16 bits per heavy atom. The number of pyridine rings is 1. The van der Waals surface area contributed by atoms with E-state index in [1.807, 2.05) is 41.4 Å². The summed E-state index contributed by atoms with van der Waals surface area (Å²) in [6, 6.07) is 13.6. The number of fused-ring (bicyclic) bond motifs is 1. The van der Waals surface area contributed by atoms with Crippen molar-refractivity contribution in [3.63, 3.8) is 0 Å². The highest BCUT2D eigenvalue weighted by molar-refractivity contribution is 5.97. The van der Waals surface area contributed by atoms with E-state index in [0.717, 1.165) is 19.5 Å². The van der Waals surface area contributed by atoms with Crippen LogP contribution in [0.25, 0.3) is 0 Å². The molecule has 25 heavy (non-hydrogen) atoms. The number of rotatable bonds is 4. The van der Waals surface area contributed by atoms with E-state index >= 15 is 0 Å². The Balaban J connectivity index is 1.46. The van der Waals surface area contributed by atoms with Crippen LogP contribution >= 0.6 is 0 Å². The fraction of sp³-hybridized carbons (Fsp3) is 0.429. The summed E-state index contributed by atoms with van der Waals surface area (Å²) < 4.78 is 5.36. The van der Waals surface area contributed by atoms with Crippen molar-refractivity contribution in [2.24, 2.45) is 17.8 Å². The molecule has 1 aromatic carbocycles. The van der Waals surface area contributed by atoms with Crippen molar-refractivity contribution in [1.82, 2.24) is 9.88 Å². The molecule has 1 aliphatic carbocycles. The first kappa shape index (κ1) is 16.1. The number of para-hydroxylation sites is 1. The monoisotopic (exact) mass is 336 g/mol. The summed E-state index contributed by atoms with van der Waals surface area (Å²) in [6.45, 7) is 1.74. The molecule has 0 N–H and O–H groups in total. The lowest BCUT2D eigenvalue weighted by atomic mass is 9.89. The number of hydrogen-bond acceptors (Lipinski definition) is 3. The number of likely N-dealkylation sites (tertiary alicyclic amines) is 1. The van der Waals surface area contributed by atoms with Gasteiger partial charge in [-0.2, -0.15) is 0 Å². The molecule has 0 radical (unpaired) electrons. The molecule has 2 aromatic rings. The lowest BCUT2D eigenvalue weighted by Crippen LogP contribution is -2.30. The van der Waals surface area contributed by atoms with Gasteiger partial charge >= 0.3 is 0 Å². The summed E-state index contributed by atoms with van der Waals surface area (Å²) in [4.78, 5) is 19.5. The summed E-state index contributed by atoms with van der Waals surface area (Å²) >= 11 is 0.